The highest BCUT2D eigenvalue weighted by Gasteiger charge is 2.05. The van der Waals surface area contributed by atoms with Gasteiger partial charge in [0.2, 0.25) is 0 Å². The van der Waals surface area contributed by atoms with Crippen LogP contribution in [0, 0.1) is 6.92 Å². The van der Waals surface area contributed by atoms with E-state index in [1.54, 1.807) is 11.3 Å². The Kier molecular flexibility index (Phi) is 3.66. The van der Waals surface area contributed by atoms with Crippen molar-refractivity contribution in [1.29, 1.82) is 0 Å². The van der Waals surface area contributed by atoms with Crippen LogP contribution in [-0.2, 0) is 0 Å². The molecule has 0 aliphatic rings. The van der Waals surface area contributed by atoms with E-state index in [0.29, 0.717) is 0 Å². The second kappa shape index (κ2) is 4.57. The lowest BCUT2D eigenvalue weighted by molar-refractivity contribution is 0.931. The van der Waals surface area contributed by atoms with E-state index in [1.807, 2.05) is 45.0 Å². The fraction of sp³-hybridized carbons (Fsp3) is 0.500. The molecule has 0 saturated heterocycles. The van der Waals surface area contributed by atoms with Crippen LogP contribution < -0.4 is 10.6 Å². The molecule has 4 heteroatoms. The van der Waals surface area contributed by atoms with Crippen LogP contribution in [-0.4, -0.2) is 25.1 Å². The van der Waals surface area contributed by atoms with Gasteiger partial charge in [-0.15, -0.1) is 0 Å². The van der Waals surface area contributed by atoms with Crippen LogP contribution in [0.15, 0.2) is 6.08 Å². The lowest BCUT2D eigenvalue weighted by Gasteiger charge is -2.04. The molecule has 0 aliphatic heterocycles. The predicted octanol–water partition coefficient (Wildman–Crippen LogP) is 1.88. The van der Waals surface area contributed by atoms with Crippen LogP contribution in [0.2, 0.25) is 0 Å². The minimum Gasteiger partial charge on any atom is -0.354 e. The number of aryl methyl sites for hydroxylation is 1. The molecule has 1 aromatic rings. The Hall–Kier alpha value is -0.870. The van der Waals surface area contributed by atoms with E-state index >= 15 is 0 Å². The maximum atomic E-state index is 5.64. The number of nitrogens with two attached hydrogens (primary N) is 1. The lowest BCUT2D eigenvalue weighted by atomic mass is 10.3. The molecule has 1 unspecified atom stereocenters. The predicted molar refractivity (Wildman–Crippen MR) is 63.9 cm³/mol. The molecule has 0 aromatic carbocycles. The Morgan fingerprint density at radius 1 is 1.50 bits per heavy atom. The summed E-state index contributed by atoms with van der Waals surface area (Å²) in [4.78, 5) is 7.64. The van der Waals surface area contributed by atoms with Gasteiger partial charge in [-0.1, -0.05) is 17.4 Å². The van der Waals surface area contributed by atoms with Crippen LogP contribution >= 0.6 is 11.3 Å². The minimum absolute atomic E-state index is 0.0966. The SMILES string of the molecule is Cc1nc(N(C)C)sc1/C=C/C(C)N. The third-order valence-corrected chi connectivity index (χ3v) is 3.05. The highest BCUT2D eigenvalue weighted by atomic mass is 32.1. The Bertz CT molecular complexity index is 326. The van der Waals surface area contributed by atoms with Gasteiger partial charge >= 0.3 is 0 Å². The number of aromatic nitrogens is 1. The first-order valence-electron chi connectivity index (χ1n) is 4.59. The molecule has 1 heterocycles. The van der Waals surface area contributed by atoms with Crippen LogP contribution in [0.4, 0.5) is 5.13 Å². The summed E-state index contributed by atoms with van der Waals surface area (Å²) >= 11 is 1.68. The van der Waals surface area contributed by atoms with Gasteiger partial charge in [-0.05, 0) is 19.9 Å². The first-order valence-corrected chi connectivity index (χ1v) is 5.41. The maximum Gasteiger partial charge on any atom is 0.185 e. The normalized spacial score (nSPS) is 13.5. The number of hydrogen-bond acceptors (Lipinski definition) is 4. The van der Waals surface area contributed by atoms with Gasteiger partial charge in [-0.2, -0.15) is 0 Å². The molecule has 0 aliphatic carbocycles. The van der Waals surface area contributed by atoms with E-state index in [0.717, 1.165) is 10.8 Å². The number of nitrogens with zero attached hydrogens (tertiary/aromatic N) is 2. The van der Waals surface area contributed by atoms with Gasteiger partial charge in [-0.25, -0.2) is 4.98 Å². The van der Waals surface area contributed by atoms with Gasteiger partial charge in [0.15, 0.2) is 5.13 Å². The molecule has 0 amide bonds. The van der Waals surface area contributed by atoms with Crippen molar-refractivity contribution in [3.8, 4) is 0 Å². The first kappa shape index (κ1) is 11.2. The van der Waals surface area contributed by atoms with Gasteiger partial charge in [0, 0.05) is 20.1 Å². The fourth-order valence-electron chi connectivity index (χ4n) is 0.979. The van der Waals surface area contributed by atoms with Crippen LogP contribution in [0.5, 0.6) is 0 Å². The summed E-state index contributed by atoms with van der Waals surface area (Å²) in [5.41, 5.74) is 6.71. The molecule has 78 valence electrons. The van der Waals surface area contributed by atoms with E-state index in [9.17, 15) is 0 Å². The molecule has 3 nitrogen and oxygen atoms in total. The Morgan fingerprint density at radius 3 is 2.57 bits per heavy atom. The Morgan fingerprint density at radius 2 is 2.14 bits per heavy atom. The smallest absolute Gasteiger partial charge is 0.185 e. The van der Waals surface area contributed by atoms with E-state index in [4.69, 9.17) is 5.73 Å². The zero-order valence-electron chi connectivity index (χ0n) is 9.11. The molecular weight excluding hydrogens is 194 g/mol. The van der Waals surface area contributed by atoms with E-state index in [1.165, 1.54) is 4.88 Å². The Labute approximate surface area is 89.3 Å². The molecule has 0 saturated carbocycles. The summed E-state index contributed by atoms with van der Waals surface area (Å²) in [7, 11) is 3.99. The van der Waals surface area contributed by atoms with E-state index < -0.39 is 0 Å². The zero-order valence-corrected chi connectivity index (χ0v) is 9.93. The molecular formula is C10H17N3S. The number of rotatable bonds is 3. The van der Waals surface area contributed by atoms with Gasteiger partial charge in [0.1, 0.15) is 0 Å². The third kappa shape index (κ3) is 2.82. The number of hydrogen-bond donors (Lipinski definition) is 1. The highest BCUT2D eigenvalue weighted by Crippen LogP contribution is 2.25. The summed E-state index contributed by atoms with van der Waals surface area (Å²) < 4.78 is 0. The highest BCUT2D eigenvalue weighted by molar-refractivity contribution is 7.16. The van der Waals surface area contributed by atoms with Crippen molar-refractivity contribution in [2.45, 2.75) is 19.9 Å². The van der Waals surface area contributed by atoms with Gasteiger partial charge in [-0.3, -0.25) is 0 Å². The molecule has 1 atom stereocenters. The molecule has 1 aromatic heterocycles. The largest absolute Gasteiger partial charge is 0.354 e. The lowest BCUT2D eigenvalue weighted by Crippen LogP contribution is -2.09. The van der Waals surface area contributed by atoms with Crippen molar-refractivity contribution in [3.05, 3.63) is 16.6 Å². The van der Waals surface area contributed by atoms with Crippen molar-refractivity contribution in [2.75, 3.05) is 19.0 Å². The Balaban J connectivity index is 2.88. The minimum atomic E-state index is 0.0966. The third-order valence-electron chi connectivity index (χ3n) is 1.75. The van der Waals surface area contributed by atoms with Gasteiger partial charge in [0.05, 0.1) is 10.6 Å². The number of anilines is 1. The summed E-state index contributed by atoms with van der Waals surface area (Å²) in [5.74, 6) is 0. The topological polar surface area (TPSA) is 42.2 Å². The second-order valence-corrected chi connectivity index (χ2v) is 4.57. The van der Waals surface area contributed by atoms with Gasteiger partial charge in [0.25, 0.3) is 0 Å². The van der Waals surface area contributed by atoms with Crippen molar-refractivity contribution in [3.63, 3.8) is 0 Å². The van der Waals surface area contributed by atoms with Gasteiger partial charge < -0.3 is 10.6 Å². The quantitative estimate of drug-likeness (QED) is 0.830. The summed E-state index contributed by atoms with van der Waals surface area (Å²) in [5, 5.41) is 1.03. The van der Waals surface area contributed by atoms with Crippen molar-refractivity contribution in [1.82, 2.24) is 4.98 Å². The van der Waals surface area contributed by atoms with Crippen molar-refractivity contribution >= 4 is 22.5 Å². The monoisotopic (exact) mass is 211 g/mol. The summed E-state index contributed by atoms with van der Waals surface area (Å²) in [6.45, 7) is 3.98. The van der Waals surface area contributed by atoms with Crippen molar-refractivity contribution in [2.24, 2.45) is 5.73 Å². The van der Waals surface area contributed by atoms with E-state index in [-0.39, 0.29) is 6.04 Å². The molecule has 14 heavy (non-hydrogen) atoms. The zero-order chi connectivity index (χ0) is 10.7. The average Bonchev–Trinajstić information content (AvgIpc) is 2.43. The molecule has 0 bridgehead atoms. The second-order valence-electron chi connectivity index (χ2n) is 3.56. The molecule has 2 N–H and O–H groups in total. The maximum absolute atomic E-state index is 5.64. The van der Waals surface area contributed by atoms with E-state index in [2.05, 4.69) is 4.98 Å². The standard InChI is InChI=1S/C10H17N3S/c1-7(11)5-6-9-8(2)12-10(14-9)13(3)4/h5-7H,11H2,1-4H3/b6-5+. The summed E-state index contributed by atoms with van der Waals surface area (Å²) in [6, 6.07) is 0.0966. The first-order chi connectivity index (χ1) is 6.50. The van der Waals surface area contributed by atoms with Crippen LogP contribution in [0.25, 0.3) is 6.08 Å². The van der Waals surface area contributed by atoms with Crippen LogP contribution in [0.1, 0.15) is 17.5 Å². The summed E-state index contributed by atoms with van der Waals surface area (Å²) in [6.07, 6.45) is 4.03. The average molecular weight is 211 g/mol. The van der Waals surface area contributed by atoms with Crippen molar-refractivity contribution < 1.29 is 0 Å². The fourth-order valence-corrected chi connectivity index (χ4v) is 1.88. The molecule has 0 radical (unpaired) electrons. The molecule has 0 fully saturated rings. The number of thiazole rings is 1. The molecule has 1 rings (SSSR count). The van der Waals surface area contributed by atoms with Crippen LogP contribution in [0.3, 0.4) is 0 Å². The molecule has 0 spiro atoms.